The van der Waals surface area contributed by atoms with Crippen LogP contribution in [0.2, 0.25) is 0 Å². The van der Waals surface area contributed by atoms with Crippen LogP contribution >= 0.6 is 0 Å². The van der Waals surface area contributed by atoms with Crippen molar-refractivity contribution in [3.8, 4) is 0 Å². The molecule has 1 N–H and O–H groups in total. The number of hydrogen-bond donors (Lipinski definition) is 1. The second-order valence-corrected chi connectivity index (χ2v) is 5.89. The molecule has 0 aliphatic heterocycles. The lowest BCUT2D eigenvalue weighted by Crippen LogP contribution is -2.38. The van der Waals surface area contributed by atoms with Crippen molar-refractivity contribution in [3.63, 3.8) is 0 Å². The number of amides is 1. The van der Waals surface area contributed by atoms with E-state index in [9.17, 15) is 9.59 Å². The van der Waals surface area contributed by atoms with Crippen molar-refractivity contribution >= 4 is 16.8 Å². The number of carbonyl (C=O) groups excluding carboxylic acids is 1. The maximum absolute atomic E-state index is 12.8. The fourth-order valence-corrected chi connectivity index (χ4v) is 2.98. The number of aromatic nitrogens is 2. The zero-order valence-corrected chi connectivity index (χ0v) is 14.4. The summed E-state index contributed by atoms with van der Waals surface area (Å²) in [5.74, 6) is 0.0202. The van der Waals surface area contributed by atoms with Gasteiger partial charge in [0.15, 0.2) is 0 Å². The van der Waals surface area contributed by atoms with E-state index in [2.05, 4.69) is 10.4 Å². The van der Waals surface area contributed by atoms with Crippen LogP contribution < -0.4 is 11.0 Å². The molecule has 0 bridgehead atoms. The Hall–Kier alpha value is -2.95. The third-order valence-electron chi connectivity index (χ3n) is 4.31. The number of nitrogens with zero attached hydrogens (tertiary/aromatic N) is 2. The Kier molecular flexibility index (Phi) is 4.93. The molecule has 0 saturated carbocycles. The van der Waals surface area contributed by atoms with Crippen molar-refractivity contribution in [2.45, 2.75) is 32.6 Å². The van der Waals surface area contributed by atoms with Gasteiger partial charge in [0.25, 0.3) is 5.56 Å². The van der Waals surface area contributed by atoms with Crippen molar-refractivity contribution in [2.24, 2.45) is 0 Å². The number of carbonyl (C=O) groups is 1. The number of rotatable bonds is 5. The first-order chi connectivity index (χ1) is 12.2. The first-order valence-electron chi connectivity index (χ1n) is 8.52. The fourth-order valence-electron chi connectivity index (χ4n) is 2.98. The highest BCUT2D eigenvalue weighted by Crippen LogP contribution is 2.19. The molecule has 0 aliphatic carbocycles. The van der Waals surface area contributed by atoms with Gasteiger partial charge in [0.1, 0.15) is 5.82 Å². The van der Waals surface area contributed by atoms with Crippen LogP contribution in [0.1, 0.15) is 37.6 Å². The molecule has 3 aromatic rings. The minimum atomic E-state index is -0.315. The van der Waals surface area contributed by atoms with E-state index in [4.69, 9.17) is 0 Å². The summed E-state index contributed by atoms with van der Waals surface area (Å²) in [6, 6.07) is 16.8. The summed E-state index contributed by atoms with van der Waals surface area (Å²) < 4.78 is 1.29. The summed E-state index contributed by atoms with van der Waals surface area (Å²) >= 11 is 0. The number of para-hydroxylation sites is 1. The molecule has 0 aliphatic rings. The minimum absolute atomic E-state index is 0.206. The van der Waals surface area contributed by atoms with Crippen molar-refractivity contribution in [2.75, 3.05) is 5.43 Å². The molecular formula is C20H21N3O2. The molecule has 0 radical (unpaired) electrons. The third kappa shape index (κ3) is 3.31. The Morgan fingerprint density at radius 3 is 2.44 bits per heavy atom. The van der Waals surface area contributed by atoms with E-state index >= 15 is 0 Å². The Balaban J connectivity index is 2.00. The van der Waals surface area contributed by atoms with Crippen molar-refractivity contribution in [1.29, 1.82) is 0 Å². The van der Waals surface area contributed by atoms with Crippen molar-refractivity contribution in [3.05, 3.63) is 76.3 Å². The Labute approximate surface area is 146 Å². The van der Waals surface area contributed by atoms with Crippen LogP contribution in [0, 0.1) is 0 Å². The maximum Gasteiger partial charge on any atom is 0.280 e. The molecule has 2 aromatic carbocycles. The minimum Gasteiger partial charge on any atom is -0.273 e. The van der Waals surface area contributed by atoms with Gasteiger partial charge in [-0.3, -0.25) is 15.0 Å². The van der Waals surface area contributed by atoms with E-state index in [-0.39, 0.29) is 17.4 Å². The maximum atomic E-state index is 12.8. The number of hydrogen-bond acceptors (Lipinski definition) is 3. The van der Waals surface area contributed by atoms with Crippen LogP contribution in [0.15, 0.2) is 59.4 Å². The molecule has 0 fully saturated rings. The monoisotopic (exact) mass is 335 g/mol. The molecule has 1 amide bonds. The highest BCUT2D eigenvalue weighted by Gasteiger charge is 2.20. The molecular weight excluding hydrogens is 314 g/mol. The highest BCUT2D eigenvalue weighted by atomic mass is 16.2. The normalized spacial score (nSPS) is 12.1. The second kappa shape index (κ2) is 7.30. The van der Waals surface area contributed by atoms with E-state index in [1.807, 2.05) is 50.2 Å². The molecule has 1 heterocycles. The zero-order chi connectivity index (χ0) is 17.8. The number of benzene rings is 2. The lowest BCUT2D eigenvalue weighted by Gasteiger charge is -2.18. The summed E-state index contributed by atoms with van der Waals surface area (Å²) in [5.41, 5.74) is 4.10. The Morgan fingerprint density at radius 2 is 1.76 bits per heavy atom. The van der Waals surface area contributed by atoms with Gasteiger partial charge in [0.05, 0.1) is 16.8 Å². The number of aryl methyl sites for hydroxylation is 1. The van der Waals surface area contributed by atoms with Crippen molar-refractivity contribution in [1.82, 2.24) is 9.66 Å². The lowest BCUT2D eigenvalue weighted by atomic mass is 9.96. The lowest BCUT2D eigenvalue weighted by molar-refractivity contribution is -0.118. The summed E-state index contributed by atoms with van der Waals surface area (Å²) in [6.45, 7) is 3.87. The molecule has 0 saturated heterocycles. The second-order valence-electron chi connectivity index (χ2n) is 5.89. The highest BCUT2D eigenvalue weighted by molar-refractivity contribution is 5.90. The van der Waals surface area contributed by atoms with E-state index in [1.54, 1.807) is 18.2 Å². The van der Waals surface area contributed by atoms with Crippen LogP contribution in [0.4, 0.5) is 0 Å². The molecule has 0 spiro atoms. The molecule has 25 heavy (non-hydrogen) atoms. The Bertz CT molecular complexity index is 948. The van der Waals surface area contributed by atoms with Gasteiger partial charge in [-0.2, -0.15) is 0 Å². The van der Waals surface area contributed by atoms with Crippen LogP contribution in [-0.4, -0.2) is 15.6 Å². The van der Waals surface area contributed by atoms with Gasteiger partial charge in [-0.25, -0.2) is 9.66 Å². The molecule has 1 aromatic heterocycles. The van der Waals surface area contributed by atoms with Gasteiger partial charge in [0.2, 0.25) is 5.91 Å². The van der Waals surface area contributed by atoms with Crippen LogP contribution in [0.25, 0.3) is 10.9 Å². The van der Waals surface area contributed by atoms with E-state index in [0.717, 1.165) is 5.56 Å². The fraction of sp³-hybridized carbons (Fsp3) is 0.250. The molecule has 3 rings (SSSR count). The topological polar surface area (TPSA) is 64.0 Å². The first kappa shape index (κ1) is 16.9. The molecule has 5 nitrogen and oxygen atoms in total. The summed E-state index contributed by atoms with van der Waals surface area (Å²) in [5, 5.41) is 0.493. The van der Waals surface area contributed by atoms with Gasteiger partial charge in [-0.15, -0.1) is 0 Å². The summed E-state index contributed by atoms with van der Waals surface area (Å²) in [7, 11) is 0. The molecule has 5 heteroatoms. The molecule has 1 atom stereocenters. The van der Waals surface area contributed by atoms with Crippen LogP contribution in [-0.2, 0) is 11.2 Å². The SMILES string of the molecule is CCc1nc2ccccc2c(=O)n1NC(=O)C(CC)c1ccccc1. The average molecular weight is 335 g/mol. The predicted molar refractivity (Wildman–Crippen MR) is 99.2 cm³/mol. The standard InChI is InChI=1S/C20H21N3O2/c1-3-15(14-10-6-5-7-11-14)19(24)22-23-18(4-2)21-17-13-9-8-12-16(17)20(23)25/h5-13,15H,3-4H2,1-2H3,(H,22,24). The first-order valence-corrected chi connectivity index (χ1v) is 8.52. The predicted octanol–water partition coefficient (Wildman–Crippen LogP) is 3.22. The van der Waals surface area contributed by atoms with Gasteiger partial charge >= 0.3 is 0 Å². The molecule has 128 valence electrons. The van der Waals surface area contributed by atoms with E-state index in [1.165, 1.54) is 4.68 Å². The van der Waals surface area contributed by atoms with Gasteiger partial charge in [0, 0.05) is 6.42 Å². The van der Waals surface area contributed by atoms with Gasteiger partial charge < -0.3 is 0 Å². The summed E-state index contributed by atoms with van der Waals surface area (Å²) in [4.78, 5) is 30.1. The largest absolute Gasteiger partial charge is 0.280 e. The number of fused-ring (bicyclic) bond motifs is 1. The number of nitrogens with one attached hydrogen (secondary N) is 1. The zero-order valence-electron chi connectivity index (χ0n) is 14.4. The van der Waals surface area contributed by atoms with Gasteiger partial charge in [-0.05, 0) is 24.1 Å². The smallest absolute Gasteiger partial charge is 0.273 e. The van der Waals surface area contributed by atoms with Crippen LogP contribution in [0.5, 0.6) is 0 Å². The van der Waals surface area contributed by atoms with Crippen molar-refractivity contribution < 1.29 is 4.79 Å². The van der Waals surface area contributed by atoms with Gasteiger partial charge in [-0.1, -0.05) is 56.3 Å². The molecule has 1 unspecified atom stereocenters. The summed E-state index contributed by atoms with van der Waals surface area (Å²) in [6.07, 6.45) is 1.19. The third-order valence-corrected chi connectivity index (χ3v) is 4.31. The average Bonchev–Trinajstić information content (AvgIpc) is 2.65. The van der Waals surface area contributed by atoms with E-state index < -0.39 is 0 Å². The Morgan fingerprint density at radius 1 is 1.08 bits per heavy atom. The van der Waals surface area contributed by atoms with E-state index in [0.29, 0.717) is 29.6 Å². The van der Waals surface area contributed by atoms with Crippen LogP contribution in [0.3, 0.4) is 0 Å². The quantitative estimate of drug-likeness (QED) is 0.778.